The first kappa shape index (κ1) is 39.7. The molecule has 284 valence electrons. The maximum absolute atomic E-state index is 6.93. The molecule has 1 aliphatic rings. The van der Waals surface area contributed by atoms with Crippen molar-refractivity contribution in [2.45, 2.75) is 71.0 Å². The van der Waals surface area contributed by atoms with E-state index in [1.54, 1.807) is 0 Å². The zero-order valence-electron chi connectivity index (χ0n) is 30.9. The van der Waals surface area contributed by atoms with Gasteiger partial charge < -0.3 is 32.7 Å². The predicted molar refractivity (Wildman–Crippen MR) is 210 cm³/mol. The van der Waals surface area contributed by atoms with Crippen LogP contribution in [0, 0.1) is 0 Å². The van der Waals surface area contributed by atoms with Crippen LogP contribution in [0.2, 0.25) is 0 Å². The summed E-state index contributed by atoms with van der Waals surface area (Å²) in [5.41, 5.74) is 4.71. The Labute approximate surface area is 319 Å². The van der Waals surface area contributed by atoms with Gasteiger partial charge in [0, 0.05) is 0 Å². The highest BCUT2D eigenvalue weighted by atomic mass is 31.2. The Bertz CT molecular complexity index is 1810. The summed E-state index contributed by atoms with van der Waals surface area (Å²) in [5.74, 6) is 0. The van der Waals surface area contributed by atoms with Crippen molar-refractivity contribution in [3.63, 3.8) is 0 Å². The summed E-state index contributed by atoms with van der Waals surface area (Å²) in [4.78, 5) is 0. The largest absolute Gasteiger partial charge is 0.374 e. The minimum atomic E-state index is -3.42. The summed E-state index contributed by atoms with van der Waals surface area (Å²) in [6.07, 6.45) is -3.78. The molecule has 1 heterocycles. The first-order chi connectivity index (χ1) is 26.6. The second kappa shape index (κ2) is 21.2. The Hall–Kier alpha value is -3.99. The molecule has 5 aromatic carbocycles. The molecule has 5 aromatic rings. The molecule has 0 radical (unpaired) electrons. The number of rotatable bonds is 20. The van der Waals surface area contributed by atoms with Gasteiger partial charge in [-0.1, -0.05) is 140 Å². The van der Waals surface area contributed by atoms with E-state index in [0.29, 0.717) is 38.7 Å². The van der Waals surface area contributed by atoms with Gasteiger partial charge in [-0.2, -0.15) is 4.74 Å². The molecule has 1 aliphatic heterocycles. The number of ether oxygens (including phenoxy) is 5. The van der Waals surface area contributed by atoms with Crippen molar-refractivity contribution >= 4 is 13.4 Å². The molecule has 0 aliphatic carbocycles. The van der Waals surface area contributed by atoms with Crippen LogP contribution in [0.25, 0.3) is 0 Å². The highest BCUT2D eigenvalue weighted by Crippen LogP contribution is 2.57. The van der Waals surface area contributed by atoms with E-state index in [2.05, 4.69) is 0 Å². The molecule has 0 bridgehead atoms. The quantitative estimate of drug-likeness (QED) is 0.0727. The lowest BCUT2D eigenvalue weighted by Gasteiger charge is -2.46. The Morgan fingerprint density at radius 3 is 1.37 bits per heavy atom. The molecular formula is C44H50NO8P. The van der Waals surface area contributed by atoms with Gasteiger partial charge in [0.25, 0.3) is 0 Å². The average molecular weight is 752 g/mol. The van der Waals surface area contributed by atoms with Crippen LogP contribution in [-0.4, -0.2) is 50.5 Å². The van der Waals surface area contributed by atoms with E-state index in [-0.39, 0.29) is 13.2 Å². The van der Waals surface area contributed by atoms with Gasteiger partial charge in [0.05, 0.1) is 51.9 Å². The number of hydrogen-bond donors (Lipinski definition) is 0. The maximum atomic E-state index is 6.93. The van der Waals surface area contributed by atoms with Crippen LogP contribution >= 0.6 is 7.74 Å². The van der Waals surface area contributed by atoms with E-state index in [0.717, 1.165) is 22.3 Å². The lowest BCUT2D eigenvalue weighted by atomic mass is 9.98. The van der Waals surface area contributed by atoms with E-state index in [1.165, 1.54) is 0 Å². The fourth-order valence-corrected chi connectivity index (χ4v) is 7.96. The van der Waals surface area contributed by atoms with E-state index in [1.807, 2.05) is 166 Å². The van der Waals surface area contributed by atoms with Crippen molar-refractivity contribution < 1.29 is 37.3 Å². The minimum absolute atomic E-state index is 0.190. The van der Waals surface area contributed by atoms with E-state index in [4.69, 9.17) is 42.0 Å². The third-order valence-electron chi connectivity index (χ3n) is 8.66. The molecule has 0 amide bonds. The number of nitrogens with zero attached hydrogens (tertiary/aromatic N) is 1. The number of hydrogen-bond acceptors (Lipinski definition) is 9. The van der Waals surface area contributed by atoms with E-state index >= 15 is 0 Å². The molecule has 5 atom stereocenters. The molecule has 10 heteroatoms. The summed E-state index contributed by atoms with van der Waals surface area (Å²) < 4.78 is 58.3. The lowest BCUT2D eigenvalue weighted by Crippen LogP contribution is -2.61. The fraction of sp³-hybridized carbons (Fsp3) is 0.318. The molecule has 0 spiro atoms. The molecular weight excluding hydrogens is 701 g/mol. The van der Waals surface area contributed by atoms with Gasteiger partial charge in [0.2, 0.25) is 0 Å². The van der Waals surface area contributed by atoms with Crippen molar-refractivity contribution in [2.75, 3.05) is 19.8 Å². The van der Waals surface area contributed by atoms with Crippen LogP contribution in [0.4, 0.5) is 5.69 Å². The smallest absolute Gasteiger partial charge is 0.363 e. The first-order valence-electron chi connectivity index (χ1n) is 18.5. The van der Waals surface area contributed by atoms with Crippen molar-refractivity contribution in [3.8, 4) is 0 Å². The Kier molecular flexibility index (Phi) is 15.6. The maximum Gasteiger partial charge on any atom is 0.363 e. The van der Waals surface area contributed by atoms with Crippen LogP contribution < -0.4 is 0 Å². The molecule has 0 saturated carbocycles. The summed E-state index contributed by atoms with van der Waals surface area (Å²) >= 11 is 0. The molecule has 1 unspecified atom stereocenters. The van der Waals surface area contributed by atoms with Crippen molar-refractivity contribution in [1.29, 1.82) is 0 Å². The van der Waals surface area contributed by atoms with Gasteiger partial charge in [-0.05, 0) is 48.2 Å². The lowest BCUT2D eigenvalue weighted by molar-refractivity contribution is -0.312. The van der Waals surface area contributed by atoms with Gasteiger partial charge in [-0.25, -0.2) is 0 Å². The van der Waals surface area contributed by atoms with Gasteiger partial charge in [-0.3, -0.25) is 4.52 Å². The molecule has 0 aromatic heterocycles. The zero-order chi connectivity index (χ0) is 37.3. The van der Waals surface area contributed by atoms with Crippen LogP contribution in [0.3, 0.4) is 0 Å². The second-order valence-electron chi connectivity index (χ2n) is 12.7. The van der Waals surface area contributed by atoms with Crippen molar-refractivity contribution in [3.05, 3.63) is 174 Å². The predicted octanol–water partition coefficient (Wildman–Crippen LogP) is 10.1. The normalized spacial score (nSPS) is 20.1. The van der Waals surface area contributed by atoms with Gasteiger partial charge in [0.1, 0.15) is 24.4 Å². The Morgan fingerprint density at radius 2 is 0.907 bits per heavy atom. The fourth-order valence-electron chi connectivity index (χ4n) is 6.11. The van der Waals surface area contributed by atoms with E-state index < -0.39 is 38.4 Å². The molecule has 6 rings (SSSR count). The first-order valence-corrected chi connectivity index (χ1v) is 20.0. The summed E-state index contributed by atoms with van der Waals surface area (Å²) in [7, 11) is -3.42. The van der Waals surface area contributed by atoms with Crippen LogP contribution in [0.15, 0.2) is 156 Å². The molecule has 1 fully saturated rings. The second-order valence-corrected chi connectivity index (χ2v) is 14.5. The van der Waals surface area contributed by atoms with Crippen LogP contribution in [0.1, 0.15) is 36.1 Å². The van der Waals surface area contributed by atoms with Crippen LogP contribution in [-0.2, 0) is 63.7 Å². The Balaban J connectivity index is 1.40. The highest BCUT2D eigenvalue weighted by molar-refractivity contribution is 7.51. The van der Waals surface area contributed by atoms with E-state index in [9.17, 15) is 0 Å². The van der Waals surface area contributed by atoms with Crippen molar-refractivity contribution in [2.24, 2.45) is 4.74 Å². The van der Waals surface area contributed by atoms with Gasteiger partial charge >= 0.3 is 7.74 Å². The molecule has 1 saturated heterocycles. The van der Waals surface area contributed by atoms with Crippen molar-refractivity contribution in [1.82, 2.24) is 0 Å². The topological polar surface area (TPSA) is 86.2 Å². The molecule has 9 nitrogen and oxygen atoms in total. The highest BCUT2D eigenvalue weighted by Gasteiger charge is 2.51. The monoisotopic (exact) mass is 751 g/mol. The Morgan fingerprint density at radius 1 is 0.500 bits per heavy atom. The summed E-state index contributed by atoms with van der Waals surface area (Å²) in [5, 5.41) is 0. The zero-order valence-corrected chi connectivity index (χ0v) is 31.8. The molecule has 54 heavy (non-hydrogen) atoms. The van der Waals surface area contributed by atoms with Gasteiger partial charge in [-0.15, -0.1) is 0 Å². The number of benzene rings is 5. The third-order valence-corrected chi connectivity index (χ3v) is 10.8. The summed E-state index contributed by atoms with van der Waals surface area (Å²) in [6.45, 7) is 5.85. The minimum Gasteiger partial charge on any atom is -0.374 e. The summed E-state index contributed by atoms with van der Waals surface area (Å²) in [6, 6.07) is 49.7. The average Bonchev–Trinajstić information content (AvgIpc) is 3.21. The van der Waals surface area contributed by atoms with Crippen LogP contribution in [0.5, 0.6) is 0 Å². The van der Waals surface area contributed by atoms with Gasteiger partial charge in [0.15, 0.2) is 6.29 Å². The third kappa shape index (κ3) is 11.8. The standard InChI is InChI=1S/C44H50NO8P/c1-3-50-54(51-4-2,45-39-28-18-9-19-29-39)53-44-43(49-33-38-26-16-8-17-27-38)42(48-32-37-24-14-7-15-25-37)41(47-31-36-22-12-6-13-23-36)40(52-44)34-46-30-35-20-10-5-11-21-35/h5-29,40-44H,3-4,30-34H2,1-2H3/t40-,41-,42+,43-,44?/m1/s1. The SMILES string of the molecule is CCOP(=Nc1ccccc1)(OCC)OC1O[C@H](COCc2ccccc2)[C@@H](OCc2ccccc2)[C@H](OCc2ccccc2)[C@H]1OCc1ccccc1. The molecule has 0 N–H and O–H groups in total.